The van der Waals surface area contributed by atoms with Crippen LogP contribution in [-0.2, 0) is 10.0 Å². The van der Waals surface area contributed by atoms with E-state index in [0.29, 0.717) is 10.2 Å². The fourth-order valence-corrected chi connectivity index (χ4v) is 5.65. The number of anilines is 2. The van der Waals surface area contributed by atoms with Gasteiger partial charge in [-0.3, -0.25) is 4.90 Å². The number of likely N-dealkylation sites (N-methyl/N-ethyl adjacent to an activating group) is 1. The number of para-hydroxylation sites is 1. The van der Waals surface area contributed by atoms with Crippen molar-refractivity contribution in [1.82, 2.24) is 9.62 Å². The number of hydrogen-bond donors (Lipinski definition) is 4. The zero-order valence-electron chi connectivity index (χ0n) is 17.3. The molecule has 12 heteroatoms. The minimum atomic E-state index is -4.10. The Kier molecular flexibility index (Phi) is 9.62. The molecule has 1 unspecified atom stereocenters. The number of halogens is 3. The van der Waals surface area contributed by atoms with Crippen LogP contribution in [0.15, 0.2) is 45.8 Å². The highest BCUT2D eigenvalue weighted by molar-refractivity contribution is 9.10. The Morgan fingerprint density at radius 1 is 1.22 bits per heavy atom. The minimum Gasteiger partial charge on any atom is -0.504 e. The summed E-state index contributed by atoms with van der Waals surface area (Å²) in [6.45, 7) is 4.02. The number of nitrogens with one attached hydrogen (secondary N) is 3. The summed E-state index contributed by atoms with van der Waals surface area (Å²) in [5.74, 6) is -0.624. The summed E-state index contributed by atoms with van der Waals surface area (Å²) in [7, 11) is -4.10. The number of urea groups is 1. The molecular weight excluding hydrogens is 543 g/mol. The van der Waals surface area contributed by atoms with Gasteiger partial charge < -0.3 is 15.7 Å². The summed E-state index contributed by atoms with van der Waals surface area (Å²) in [4.78, 5) is 14.1. The van der Waals surface area contributed by atoms with Crippen LogP contribution in [0.2, 0.25) is 5.02 Å². The first-order valence-corrected chi connectivity index (χ1v) is 12.5. The second-order valence-electron chi connectivity index (χ2n) is 7.11. The Labute approximate surface area is 207 Å². The number of sulfonamides is 1. The van der Waals surface area contributed by atoms with Crippen molar-refractivity contribution in [2.24, 2.45) is 0 Å². The lowest BCUT2D eigenvalue weighted by Crippen LogP contribution is -2.40. The Morgan fingerprint density at radius 2 is 1.91 bits per heavy atom. The van der Waals surface area contributed by atoms with Gasteiger partial charge in [0.1, 0.15) is 4.90 Å². The third-order valence-electron chi connectivity index (χ3n) is 5.14. The molecule has 1 atom stereocenters. The van der Waals surface area contributed by atoms with Gasteiger partial charge in [-0.2, -0.15) is 0 Å². The van der Waals surface area contributed by atoms with Gasteiger partial charge in [-0.15, -0.1) is 12.4 Å². The first-order valence-electron chi connectivity index (χ1n) is 9.80. The predicted octanol–water partition coefficient (Wildman–Crippen LogP) is 4.64. The molecule has 1 fully saturated rings. The molecule has 0 spiro atoms. The van der Waals surface area contributed by atoms with E-state index in [4.69, 9.17) is 11.6 Å². The van der Waals surface area contributed by atoms with Gasteiger partial charge in [0.05, 0.1) is 16.4 Å². The molecule has 0 bridgehead atoms. The van der Waals surface area contributed by atoms with Gasteiger partial charge in [0, 0.05) is 17.1 Å². The van der Waals surface area contributed by atoms with Crippen molar-refractivity contribution < 1.29 is 18.3 Å². The SMILES string of the molecule is CCN1CCCC1CNS(=O)(=O)c1c(Cl)ccc(NC(=O)Nc2ccccc2Br)c1O.Cl. The van der Waals surface area contributed by atoms with Crippen molar-refractivity contribution in [3.8, 4) is 5.75 Å². The Balaban J connectivity index is 0.00000363. The quantitative estimate of drug-likeness (QED) is 0.364. The van der Waals surface area contributed by atoms with E-state index in [1.54, 1.807) is 24.3 Å². The number of hydrogen-bond acceptors (Lipinski definition) is 5. The maximum Gasteiger partial charge on any atom is 0.323 e. The lowest BCUT2D eigenvalue weighted by molar-refractivity contribution is 0.262. The van der Waals surface area contributed by atoms with Gasteiger partial charge >= 0.3 is 6.03 Å². The molecule has 3 rings (SSSR count). The van der Waals surface area contributed by atoms with Crippen LogP contribution in [0.3, 0.4) is 0 Å². The molecule has 0 radical (unpaired) electrons. The summed E-state index contributed by atoms with van der Waals surface area (Å²) in [6, 6.07) is 9.10. The van der Waals surface area contributed by atoms with Gasteiger partial charge in [-0.05, 0) is 66.1 Å². The highest BCUT2D eigenvalue weighted by atomic mass is 79.9. The molecule has 4 N–H and O–H groups in total. The van der Waals surface area contributed by atoms with Crippen LogP contribution in [0.25, 0.3) is 0 Å². The van der Waals surface area contributed by atoms with Crippen LogP contribution < -0.4 is 15.4 Å². The number of carbonyl (C=O) groups excluding carboxylic acids is 1. The molecule has 0 aliphatic carbocycles. The van der Waals surface area contributed by atoms with Gasteiger partial charge in [0.2, 0.25) is 10.0 Å². The zero-order valence-corrected chi connectivity index (χ0v) is 21.2. The molecule has 1 heterocycles. The smallest absolute Gasteiger partial charge is 0.323 e. The fourth-order valence-electron chi connectivity index (χ4n) is 3.56. The van der Waals surface area contributed by atoms with Crippen LogP contribution in [0.1, 0.15) is 19.8 Å². The second kappa shape index (κ2) is 11.5. The largest absolute Gasteiger partial charge is 0.504 e. The van der Waals surface area contributed by atoms with Crippen molar-refractivity contribution >= 4 is 67.4 Å². The summed E-state index contributed by atoms with van der Waals surface area (Å²) < 4.78 is 29.0. The van der Waals surface area contributed by atoms with Crippen molar-refractivity contribution in [1.29, 1.82) is 0 Å². The zero-order chi connectivity index (χ0) is 22.6. The number of carbonyl (C=O) groups is 1. The average molecular weight is 568 g/mol. The monoisotopic (exact) mass is 566 g/mol. The lowest BCUT2D eigenvalue weighted by atomic mass is 10.2. The van der Waals surface area contributed by atoms with Gasteiger partial charge in [-0.1, -0.05) is 30.7 Å². The van der Waals surface area contributed by atoms with E-state index in [-0.39, 0.29) is 35.7 Å². The normalized spacial score (nSPS) is 16.4. The molecule has 1 saturated heterocycles. The van der Waals surface area contributed by atoms with Crippen LogP contribution in [-0.4, -0.2) is 50.1 Å². The lowest BCUT2D eigenvalue weighted by Gasteiger charge is -2.23. The fraction of sp³-hybridized carbons (Fsp3) is 0.350. The second-order valence-corrected chi connectivity index (χ2v) is 10.1. The maximum atomic E-state index is 12.9. The molecule has 32 heavy (non-hydrogen) atoms. The van der Waals surface area contributed by atoms with Gasteiger partial charge in [-0.25, -0.2) is 17.9 Å². The van der Waals surface area contributed by atoms with Gasteiger partial charge in [0.15, 0.2) is 5.75 Å². The first-order chi connectivity index (χ1) is 14.7. The van der Waals surface area contributed by atoms with E-state index >= 15 is 0 Å². The maximum absolute atomic E-state index is 12.9. The van der Waals surface area contributed by atoms with Crippen molar-refractivity contribution in [3.63, 3.8) is 0 Å². The number of aromatic hydroxyl groups is 1. The van der Waals surface area contributed by atoms with Crippen LogP contribution >= 0.6 is 39.9 Å². The van der Waals surface area contributed by atoms with E-state index in [2.05, 4.69) is 36.2 Å². The Morgan fingerprint density at radius 3 is 2.59 bits per heavy atom. The summed E-state index contributed by atoms with van der Waals surface area (Å²) >= 11 is 9.43. The molecule has 2 aromatic carbocycles. The standard InChI is InChI=1S/C20H24BrClN4O4S.ClH/c1-2-26-11-5-6-13(26)12-23-31(29,30)19-15(22)9-10-17(18(19)27)25-20(28)24-16-8-4-3-7-14(16)21;/h3-4,7-10,13,23,27H,2,5-6,11-12H2,1H3,(H2,24,25,28);1H. The van der Waals surface area contributed by atoms with Crippen LogP contribution in [0.4, 0.5) is 16.2 Å². The Hall–Kier alpha value is -1.56. The third kappa shape index (κ3) is 6.27. The molecule has 0 aromatic heterocycles. The molecule has 2 aromatic rings. The van der Waals surface area contributed by atoms with E-state index in [9.17, 15) is 18.3 Å². The summed E-state index contributed by atoms with van der Waals surface area (Å²) in [6.07, 6.45) is 1.91. The molecular formula is C20H25BrCl2N4O4S. The number of rotatable bonds is 7. The third-order valence-corrected chi connectivity index (χ3v) is 7.75. The van der Waals surface area contributed by atoms with Gasteiger partial charge in [0.25, 0.3) is 0 Å². The molecule has 0 saturated carbocycles. The van der Waals surface area contributed by atoms with Crippen LogP contribution in [0.5, 0.6) is 5.75 Å². The number of benzene rings is 2. The van der Waals surface area contributed by atoms with Crippen molar-refractivity contribution in [2.45, 2.75) is 30.7 Å². The summed E-state index contributed by atoms with van der Waals surface area (Å²) in [5.41, 5.74) is 0.436. The first kappa shape index (κ1) is 26.7. The number of phenols is 1. The van der Waals surface area contributed by atoms with E-state index in [0.717, 1.165) is 25.9 Å². The minimum absolute atomic E-state index is 0. The number of amides is 2. The molecule has 2 amide bonds. The summed E-state index contributed by atoms with van der Waals surface area (Å²) in [5, 5.41) is 15.5. The molecule has 1 aliphatic heterocycles. The van der Waals surface area contributed by atoms with Crippen LogP contribution in [0, 0.1) is 0 Å². The average Bonchev–Trinajstić information content (AvgIpc) is 3.18. The highest BCUT2D eigenvalue weighted by Crippen LogP contribution is 2.37. The number of phenolic OH excluding ortho intramolecular Hbond substituents is 1. The van der Waals surface area contributed by atoms with E-state index in [1.807, 2.05) is 6.92 Å². The predicted molar refractivity (Wildman–Crippen MR) is 133 cm³/mol. The van der Waals surface area contributed by atoms with E-state index in [1.165, 1.54) is 12.1 Å². The molecule has 1 aliphatic rings. The molecule has 176 valence electrons. The van der Waals surface area contributed by atoms with Crippen molar-refractivity contribution in [3.05, 3.63) is 45.9 Å². The van der Waals surface area contributed by atoms with Crippen molar-refractivity contribution in [2.75, 3.05) is 30.3 Å². The van der Waals surface area contributed by atoms with E-state index < -0.39 is 26.7 Å². The topological polar surface area (TPSA) is 111 Å². The number of nitrogens with zero attached hydrogens (tertiary/aromatic N) is 1. The number of likely N-dealkylation sites (tertiary alicyclic amines) is 1. The molecule has 8 nitrogen and oxygen atoms in total. The highest BCUT2D eigenvalue weighted by Gasteiger charge is 2.29. The Bertz CT molecular complexity index is 1070.